The molecule has 6 heteroatoms. The van der Waals surface area contributed by atoms with Crippen molar-refractivity contribution in [2.45, 2.75) is 25.9 Å². The Labute approximate surface area is 126 Å². The molecule has 1 N–H and O–H groups in total. The van der Waals surface area contributed by atoms with E-state index in [1.165, 1.54) is 0 Å². The maximum absolute atomic E-state index is 9.10. The predicted octanol–water partition coefficient (Wildman–Crippen LogP) is 2.24. The fourth-order valence-electron chi connectivity index (χ4n) is 1.72. The second kappa shape index (κ2) is 6.97. The topological polar surface area (TPSA) is 62.4 Å². The highest BCUT2D eigenvalue weighted by Crippen LogP contribution is 2.13. The largest absolute Gasteiger partial charge is 0.395 e. The van der Waals surface area contributed by atoms with Crippen LogP contribution in [0.3, 0.4) is 0 Å². The minimum absolute atomic E-state index is 0.0726. The van der Waals surface area contributed by atoms with Crippen LogP contribution in [-0.4, -0.2) is 39.8 Å². The molecular weight excluding hydrogens is 322 g/mol. The van der Waals surface area contributed by atoms with Crippen LogP contribution in [0.1, 0.15) is 24.2 Å². The van der Waals surface area contributed by atoms with Crippen molar-refractivity contribution in [1.29, 1.82) is 0 Å². The molecule has 1 aromatic carbocycles. The molecular formula is C14H18BrN3O2. The smallest absolute Gasteiger partial charge is 0.231 e. The molecule has 0 aliphatic carbocycles. The zero-order valence-corrected chi connectivity index (χ0v) is 13.2. The zero-order valence-electron chi connectivity index (χ0n) is 11.6. The summed E-state index contributed by atoms with van der Waals surface area (Å²) >= 11 is 3.41. The lowest BCUT2D eigenvalue weighted by atomic mass is 10.1. The second-order valence-corrected chi connectivity index (χ2v) is 5.77. The van der Waals surface area contributed by atoms with Gasteiger partial charge in [0.2, 0.25) is 5.89 Å². The van der Waals surface area contributed by atoms with Crippen LogP contribution in [0.4, 0.5) is 0 Å². The molecule has 0 saturated carbocycles. The molecule has 0 aliphatic heterocycles. The van der Waals surface area contributed by atoms with Gasteiger partial charge in [0, 0.05) is 10.5 Å². The number of aliphatic hydroxyl groups excluding tert-OH is 1. The van der Waals surface area contributed by atoms with Gasteiger partial charge < -0.3 is 9.63 Å². The van der Waals surface area contributed by atoms with Crippen molar-refractivity contribution < 1.29 is 9.63 Å². The van der Waals surface area contributed by atoms with Gasteiger partial charge in [-0.05, 0) is 31.7 Å². The lowest BCUT2D eigenvalue weighted by Gasteiger charge is -2.20. The number of hydrogen-bond donors (Lipinski definition) is 1. The number of hydrogen-bond acceptors (Lipinski definition) is 5. The van der Waals surface area contributed by atoms with E-state index in [-0.39, 0.29) is 12.6 Å². The summed E-state index contributed by atoms with van der Waals surface area (Å²) < 4.78 is 6.30. The summed E-state index contributed by atoms with van der Waals surface area (Å²) in [6.45, 7) is 2.62. The fraction of sp³-hybridized carbons (Fsp3) is 0.429. The van der Waals surface area contributed by atoms with Gasteiger partial charge in [-0.2, -0.15) is 4.98 Å². The van der Waals surface area contributed by atoms with E-state index in [2.05, 4.69) is 26.1 Å². The number of likely N-dealkylation sites (N-methyl/N-ethyl adjacent to an activating group) is 1. The van der Waals surface area contributed by atoms with Gasteiger partial charge in [-0.15, -0.1) is 0 Å². The average Bonchev–Trinajstić information content (AvgIpc) is 2.87. The van der Waals surface area contributed by atoms with Crippen LogP contribution < -0.4 is 0 Å². The first-order valence-electron chi connectivity index (χ1n) is 6.45. The molecule has 20 heavy (non-hydrogen) atoms. The third-order valence-electron chi connectivity index (χ3n) is 3.19. The standard InChI is InChI=1S/C14H18BrN3O2/c1-10(9-19)18(2)8-13-16-14(20-17-13)7-11-3-5-12(15)6-4-11/h3-6,10,19H,7-9H2,1-2H3. The van der Waals surface area contributed by atoms with Gasteiger partial charge in [0.25, 0.3) is 0 Å². The van der Waals surface area contributed by atoms with Gasteiger partial charge in [0.1, 0.15) is 0 Å². The maximum Gasteiger partial charge on any atom is 0.231 e. The normalized spacial score (nSPS) is 12.8. The molecule has 5 nitrogen and oxygen atoms in total. The molecule has 108 valence electrons. The van der Waals surface area contributed by atoms with Crippen LogP contribution in [0.25, 0.3) is 0 Å². The Morgan fingerprint density at radius 1 is 1.35 bits per heavy atom. The molecule has 0 fully saturated rings. The predicted molar refractivity (Wildman–Crippen MR) is 79.3 cm³/mol. The highest BCUT2D eigenvalue weighted by atomic mass is 79.9. The summed E-state index contributed by atoms with van der Waals surface area (Å²) in [7, 11) is 1.92. The van der Waals surface area contributed by atoms with Crippen molar-refractivity contribution in [2.24, 2.45) is 0 Å². The first-order chi connectivity index (χ1) is 9.58. The van der Waals surface area contributed by atoms with Crippen molar-refractivity contribution in [1.82, 2.24) is 15.0 Å². The summed E-state index contributed by atoms with van der Waals surface area (Å²) in [5.41, 5.74) is 1.13. The molecule has 0 aliphatic rings. The number of rotatable bonds is 6. The quantitative estimate of drug-likeness (QED) is 0.874. The van der Waals surface area contributed by atoms with Gasteiger partial charge in [0.15, 0.2) is 5.82 Å². The van der Waals surface area contributed by atoms with Crippen LogP contribution in [-0.2, 0) is 13.0 Å². The molecule has 1 unspecified atom stereocenters. The number of halogens is 1. The minimum Gasteiger partial charge on any atom is -0.395 e. The van der Waals surface area contributed by atoms with Crippen LogP contribution in [0.5, 0.6) is 0 Å². The third kappa shape index (κ3) is 4.13. The van der Waals surface area contributed by atoms with E-state index in [1.807, 2.05) is 43.1 Å². The van der Waals surface area contributed by atoms with E-state index in [0.29, 0.717) is 24.7 Å². The van der Waals surface area contributed by atoms with Gasteiger partial charge in [-0.1, -0.05) is 33.2 Å². The Morgan fingerprint density at radius 3 is 2.70 bits per heavy atom. The third-order valence-corrected chi connectivity index (χ3v) is 3.71. The molecule has 0 spiro atoms. The van der Waals surface area contributed by atoms with Crippen molar-refractivity contribution in [3.63, 3.8) is 0 Å². The van der Waals surface area contributed by atoms with Crippen molar-refractivity contribution >= 4 is 15.9 Å². The van der Waals surface area contributed by atoms with E-state index in [9.17, 15) is 0 Å². The van der Waals surface area contributed by atoms with Crippen LogP contribution in [0.2, 0.25) is 0 Å². The molecule has 1 aromatic heterocycles. The van der Waals surface area contributed by atoms with E-state index < -0.39 is 0 Å². The molecule has 1 heterocycles. The van der Waals surface area contributed by atoms with Crippen molar-refractivity contribution in [3.05, 3.63) is 46.0 Å². The summed E-state index contributed by atoms with van der Waals surface area (Å²) in [5.74, 6) is 1.24. The maximum atomic E-state index is 9.10. The Bertz CT molecular complexity index is 542. The Morgan fingerprint density at radius 2 is 2.05 bits per heavy atom. The SMILES string of the molecule is CC(CO)N(C)Cc1noc(Cc2ccc(Br)cc2)n1. The molecule has 0 amide bonds. The minimum atomic E-state index is 0.0726. The molecule has 1 atom stereocenters. The molecule has 0 bridgehead atoms. The van der Waals surface area contributed by atoms with Crippen molar-refractivity contribution in [2.75, 3.05) is 13.7 Å². The van der Waals surface area contributed by atoms with E-state index >= 15 is 0 Å². The summed E-state index contributed by atoms with van der Waals surface area (Å²) in [5, 5.41) is 13.1. The van der Waals surface area contributed by atoms with E-state index in [1.54, 1.807) is 0 Å². The average molecular weight is 340 g/mol. The second-order valence-electron chi connectivity index (χ2n) is 4.85. The lowest BCUT2D eigenvalue weighted by Crippen LogP contribution is -2.31. The highest BCUT2D eigenvalue weighted by Gasteiger charge is 2.13. The molecule has 0 radical (unpaired) electrons. The zero-order chi connectivity index (χ0) is 14.5. The summed E-state index contributed by atoms with van der Waals surface area (Å²) in [6, 6.07) is 8.09. The number of benzene rings is 1. The first-order valence-corrected chi connectivity index (χ1v) is 7.24. The van der Waals surface area contributed by atoms with Gasteiger partial charge in [-0.3, -0.25) is 4.90 Å². The van der Waals surface area contributed by atoms with Gasteiger partial charge >= 0.3 is 0 Å². The monoisotopic (exact) mass is 339 g/mol. The lowest BCUT2D eigenvalue weighted by molar-refractivity contribution is 0.150. The van der Waals surface area contributed by atoms with Gasteiger partial charge in [0.05, 0.1) is 19.6 Å². The van der Waals surface area contributed by atoms with Gasteiger partial charge in [-0.25, -0.2) is 0 Å². The molecule has 2 aromatic rings. The van der Waals surface area contributed by atoms with Crippen LogP contribution >= 0.6 is 15.9 Å². The molecule has 2 rings (SSSR count). The molecule has 0 saturated heterocycles. The van der Waals surface area contributed by atoms with Crippen molar-refractivity contribution in [3.8, 4) is 0 Å². The van der Waals surface area contributed by atoms with E-state index in [0.717, 1.165) is 10.0 Å². The van der Waals surface area contributed by atoms with Crippen LogP contribution in [0.15, 0.2) is 33.3 Å². The fourth-order valence-corrected chi connectivity index (χ4v) is 1.99. The Kier molecular flexibility index (Phi) is 5.28. The number of aliphatic hydroxyl groups is 1. The Balaban J connectivity index is 1.97. The first kappa shape index (κ1) is 15.2. The summed E-state index contributed by atoms with van der Waals surface area (Å²) in [4.78, 5) is 6.35. The number of nitrogens with zero attached hydrogens (tertiary/aromatic N) is 3. The summed E-state index contributed by atoms with van der Waals surface area (Å²) in [6.07, 6.45) is 0.625. The van der Waals surface area contributed by atoms with Crippen LogP contribution in [0, 0.1) is 0 Å². The van der Waals surface area contributed by atoms with E-state index in [4.69, 9.17) is 9.63 Å². The number of aromatic nitrogens is 2. The Hall–Kier alpha value is -1.24. The highest BCUT2D eigenvalue weighted by molar-refractivity contribution is 9.10.